The maximum Gasteiger partial charge on any atom is 0.417 e. The Morgan fingerprint density at radius 2 is 1.86 bits per heavy atom. The number of ether oxygens (including phenoxy) is 1. The lowest BCUT2D eigenvalue weighted by Crippen LogP contribution is -2.31. The van der Waals surface area contributed by atoms with Crippen molar-refractivity contribution in [3.05, 3.63) is 75.1 Å². The number of carbonyl (C=O) groups excluding carboxylic acids is 1. The van der Waals surface area contributed by atoms with Crippen molar-refractivity contribution in [1.29, 1.82) is 0 Å². The summed E-state index contributed by atoms with van der Waals surface area (Å²) < 4.78 is 49.3. The van der Waals surface area contributed by atoms with Gasteiger partial charge >= 0.3 is 11.8 Å². The first-order valence-electron chi connectivity index (χ1n) is 8.46. The molecule has 3 aromatic rings. The first-order chi connectivity index (χ1) is 13.6. The highest BCUT2D eigenvalue weighted by molar-refractivity contribution is 6.30. The van der Waals surface area contributed by atoms with E-state index in [4.69, 9.17) is 20.8 Å². The fourth-order valence-electron chi connectivity index (χ4n) is 2.73. The van der Waals surface area contributed by atoms with E-state index in [1.54, 1.807) is 31.2 Å². The van der Waals surface area contributed by atoms with Crippen molar-refractivity contribution in [2.75, 3.05) is 6.61 Å². The summed E-state index contributed by atoms with van der Waals surface area (Å²) in [5.41, 5.74) is -1.66. The summed E-state index contributed by atoms with van der Waals surface area (Å²) in [7, 11) is 0. The van der Waals surface area contributed by atoms with Crippen LogP contribution in [-0.2, 0) is 11.0 Å². The van der Waals surface area contributed by atoms with Gasteiger partial charge in [-0.05, 0) is 36.8 Å². The highest BCUT2D eigenvalue weighted by Gasteiger charge is 2.33. The molecule has 0 aliphatic rings. The van der Waals surface area contributed by atoms with Gasteiger partial charge in [0.05, 0.1) is 11.6 Å². The molecule has 0 spiro atoms. The summed E-state index contributed by atoms with van der Waals surface area (Å²) in [5.74, 6) is -0.340. The van der Waals surface area contributed by atoms with E-state index in [0.717, 1.165) is 17.7 Å². The van der Waals surface area contributed by atoms with Crippen LogP contribution in [0.3, 0.4) is 0 Å². The lowest BCUT2D eigenvalue weighted by Gasteiger charge is -2.15. The van der Waals surface area contributed by atoms with Gasteiger partial charge in [0.15, 0.2) is 6.61 Å². The van der Waals surface area contributed by atoms with Gasteiger partial charge in [-0.3, -0.25) is 4.79 Å². The number of hydrogen-bond acceptors (Lipinski definition) is 4. The van der Waals surface area contributed by atoms with E-state index in [1.165, 1.54) is 6.07 Å². The third kappa shape index (κ3) is 5.08. The molecule has 0 unspecified atom stereocenters. The zero-order chi connectivity index (χ0) is 21.2. The minimum absolute atomic E-state index is 0.0919. The number of halogens is 4. The lowest BCUT2D eigenvalue weighted by atomic mass is 10.1. The Balaban J connectivity index is 1.69. The SMILES string of the molecule is C[C@H](NC(=O)COc1ccc2c(C(F)(F)F)cc(=O)oc2c1)c1ccc(Cl)cc1. The largest absolute Gasteiger partial charge is 0.484 e. The summed E-state index contributed by atoms with van der Waals surface area (Å²) in [5, 5.41) is 3.04. The van der Waals surface area contributed by atoms with Crippen molar-refractivity contribution in [2.45, 2.75) is 19.1 Å². The van der Waals surface area contributed by atoms with Crippen molar-refractivity contribution in [3.8, 4) is 5.75 Å². The zero-order valence-electron chi connectivity index (χ0n) is 15.0. The Kier molecular flexibility index (Phi) is 5.83. The number of hydrogen-bond donors (Lipinski definition) is 1. The Morgan fingerprint density at radius 3 is 2.52 bits per heavy atom. The molecule has 5 nitrogen and oxygen atoms in total. The van der Waals surface area contributed by atoms with Crippen molar-refractivity contribution in [2.24, 2.45) is 0 Å². The van der Waals surface area contributed by atoms with Gasteiger partial charge in [0.25, 0.3) is 5.91 Å². The van der Waals surface area contributed by atoms with Crippen LogP contribution in [0.1, 0.15) is 24.1 Å². The molecule has 0 radical (unpaired) electrons. The molecule has 1 atom stereocenters. The molecule has 0 aliphatic heterocycles. The molecule has 9 heteroatoms. The normalized spacial score (nSPS) is 12.6. The molecule has 1 N–H and O–H groups in total. The van der Waals surface area contributed by atoms with E-state index < -0.39 is 23.3 Å². The standard InChI is InChI=1S/C20H15ClF3NO4/c1-11(12-2-4-13(21)5-3-12)25-18(26)10-28-14-6-7-15-16(20(22,23)24)9-19(27)29-17(15)8-14/h2-9,11H,10H2,1H3,(H,25,26)/t11-/m0/s1. The summed E-state index contributed by atoms with van der Waals surface area (Å²) >= 11 is 5.83. The van der Waals surface area contributed by atoms with Crippen molar-refractivity contribution in [3.63, 3.8) is 0 Å². The van der Waals surface area contributed by atoms with Crippen molar-refractivity contribution in [1.82, 2.24) is 5.32 Å². The smallest absolute Gasteiger partial charge is 0.417 e. The molecule has 0 fully saturated rings. The first kappa shape index (κ1) is 20.7. The van der Waals surface area contributed by atoms with Gasteiger partial charge in [0.2, 0.25) is 0 Å². The van der Waals surface area contributed by atoms with Crippen LogP contribution in [0.5, 0.6) is 5.75 Å². The average Bonchev–Trinajstić information content (AvgIpc) is 2.65. The van der Waals surface area contributed by atoms with Gasteiger partial charge in [0, 0.05) is 22.5 Å². The van der Waals surface area contributed by atoms with Crippen LogP contribution in [0.15, 0.2) is 57.7 Å². The zero-order valence-corrected chi connectivity index (χ0v) is 15.8. The highest BCUT2D eigenvalue weighted by atomic mass is 35.5. The van der Waals surface area contributed by atoms with Gasteiger partial charge < -0.3 is 14.5 Å². The predicted octanol–water partition coefficient (Wildman–Crippen LogP) is 4.72. The third-order valence-electron chi connectivity index (χ3n) is 4.14. The molecule has 0 aliphatic carbocycles. The second kappa shape index (κ2) is 8.16. The maximum atomic E-state index is 13.1. The van der Waals surface area contributed by atoms with Gasteiger partial charge in [-0.15, -0.1) is 0 Å². The highest BCUT2D eigenvalue weighted by Crippen LogP contribution is 2.34. The monoisotopic (exact) mass is 425 g/mol. The number of amides is 1. The van der Waals surface area contributed by atoms with E-state index in [1.807, 2.05) is 0 Å². The summed E-state index contributed by atoms with van der Waals surface area (Å²) in [4.78, 5) is 23.5. The number of carbonyl (C=O) groups is 1. The van der Waals surface area contributed by atoms with Crippen LogP contribution in [0.2, 0.25) is 5.02 Å². The Hall–Kier alpha value is -3.00. The Morgan fingerprint density at radius 1 is 1.17 bits per heavy atom. The predicted molar refractivity (Wildman–Crippen MR) is 101 cm³/mol. The van der Waals surface area contributed by atoms with E-state index in [-0.39, 0.29) is 29.4 Å². The fraction of sp³-hybridized carbons (Fsp3) is 0.200. The minimum atomic E-state index is -4.70. The van der Waals surface area contributed by atoms with Crippen LogP contribution >= 0.6 is 11.6 Å². The number of rotatable bonds is 5. The van der Waals surface area contributed by atoms with Crippen LogP contribution in [0.4, 0.5) is 13.2 Å². The molecule has 0 saturated carbocycles. The van der Waals surface area contributed by atoms with E-state index >= 15 is 0 Å². The molecule has 152 valence electrons. The average molecular weight is 426 g/mol. The summed E-state index contributed by atoms with van der Waals surface area (Å²) in [6, 6.07) is 10.6. The number of benzene rings is 2. The number of fused-ring (bicyclic) bond motifs is 1. The first-order valence-corrected chi connectivity index (χ1v) is 8.84. The van der Waals surface area contributed by atoms with Crippen LogP contribution in [0, 0.1) is 0 Å². The molecule has 2 aromatic carbocycles. The van der Waals surface area contributed by atoms with Gasteiger partial charge in [0.1, 0.15) is 11.3 Å². The number of alkyl halides is 3. The van der Waals surface area contributed by atoms with Gasteiger partial charge in [-0.2, -0.15) is 13.2 Å². The molecule has 1 aromatic heterocycles. The quantitative estimate of drug-likeness (QED) is 0.600. The molecule has 1 heterocycles. The van der Waals surface area contributed by atoms with E-state index in [0.29, 0.717) is 11.1 Å². The Labute approximate surface area is 168 Å². The van der Waals surface area contributed by atoms with Crippen LogP contribution in [-0.4, -0.2) is 12.5 Å². The van der Waals surface area contributed by atoms with Crippen molar-refractivity contribution >= 4 is 28.5 Å². The van der Waals surface area contributed by atoms with Gasteiger partial charge in [-0.25, -0.2) is 4.79 Å². The summed E-state index contributed by atoms with van der Waals surface area (Å²) in [6.45, 7) is 1.41. The molecular formula is C20H15ClF3NO4. The molecule has 3 rings (SSSR count). The van der Waals surface area contributed by atoms with E-state index in [2.05, 4.69) is 5.32 Å². The number of nitrogens with one attached hydrogen (secondary N) is 1. The Bertz CT molecular complexity index is 1090. The molecule has 0 bridgehead atoms. The van der Waals surface area contributed by atoms with Crippen LogP contribution < -0.4 is 15.7 Å². The second-order valence-electron chi connectivity index (χ2n) is 6.26. The second-order valence-corrected chi connectivity index (χ2v) is 6.70. The summed E-state index contributed by atoms with van der Waals surface area (Å²) in [6.07, 6.45) is -4.70. The molecular weight excluding hydrogens is 411 g/mol. The third-order valence-corrected chi connectivity index (χ3v) is 4.39. The van der Waals surface area contributed by atoms with Crippen molar-refractivity contribution < 1.29 is 27.1 Å². The van der Waals surface area contributed by atoms with Gasteiger partial charge in [-0.1, -0.05) is 23.7 Å². The molecule has 29 heavy (non-hydrogen) atoms. The van der Waals surface area contributed by atoms with Crippen LogP contribution in [0.25, 0.3) is 11.0 Å². The maximum absolute atomic E-state index is 13.1. The lowest BCUT2D eigenvalue weighted by molar-refractivity contribution is -0.136. The molecule has 1 amide bonds. The molecule has 0 saturated heterocycles. The minimum Gasteiger partial charge on any atom is -0.484 e. The topological polar surface area (TPSA) is 68.5 Å². The van der Waals surface area contributed by atoms with E-state index in [9.17, 15) is 22.8 Å². The fourth-order valence-corrected chi connectivity index (χ4v) is 2.86.